The molecule has 0 spiro atoms. The average molecular weight is 260 g/mol. The van der Waals surface area contributed by atoms with Gasteiger partial charge in [-0.3, -0.25) is 9.69 Å². The molecular weight excluding hydrogens is 244 g/mol. The molecule has 1 aromatic rings. The van der Waals surface area contributed by atoms with E-state index in [4.69, 9.17) is 12.2 Å². The number of carbonyl (C=O) groups excluding carboxylic acids is 1. The lowest BCUT2D eigenvalue weighted by atomic mass is 9.99. The summed E-state index contributed by atoms with van der Waals surface area (Å²) in [6.45, 7) is 0.578. The summed E-state index contributed by atoms with van der Waals surface area (Å²) in [5, 5.41) is 3.91. The van der Waals surface area contributed by atoms with Crippen LogP contribution in [0.25, 0.3) is 0 Å². The van der Waals surface area contributed by atoms with Crippen LogP contribution in [0.4, 0.5) is 0 Å². The normalized spacial score (nSPS) is 27.0. The maximum absolute atomic E-state index is 12.4. The second-order valence-electron chi connectivity index (χ2n) is 5.00. The van der Waals surface area contributed by atoms with Crippen LogP contribution in [0, 0.1) is 5.92 Å². The Morgan fingerprint density at radius 2 is 2.06 bits per heavy atom. The van der Waals surface area contributed by atoms with Crippen molar-refractivity contribution in [3.8, 4) is 0 Å². The Kier molecular flexibility index (Phi) is 3.04. The van der Waals surface area contributed by atoms with Crippen LogP contribution in [0.15, 0.2) is 30.3 Å². The van der Waals surface area contributed by atoms with E-state index >= 15 is 0 Å². The van der Waals surface area contributed by atoms with E-state index in [-0.39, 0.29) is 17.9 Å². The van der Waals surface area contributed by atoms with Crippen molar-refractivity contribution < 1.29 is 4.79 Å². The van der Waals surface area contributed by atoms with Crippen LogP contribution >= 0.6 is 12.2 Å². The van der Waals surface area contributed by atoms with Crippen LogP contribution in [-0.4, -0.2) is 22.0 Å². The van der Waals surface area contributed by atoms with Gasteiger partial charge in [0.2, 0.25) is 5.91 Å². The highest BCUT2D eigenvalue weighted by Crippen LogP contribution is 2.31. The zero-order chi connectivity index (χ0) is 12.5. The molecule has 3 rings (SSSR count). The molecule has 1 saturated carbocycles. The zero-order valence-corrected chi connectivity index (χ0v) is 11.0. The Morgan fingerprint density at radius 3 is 2.83 bits per heavy atom. The molecule has 1 heterocycles. The van der Waals surface area contributed by atoms with Crippen LogP contribution in [0.1, 0.15) is 24.8 Å². The lowest BCUT2D eigenvalue weighted by Gasteiger charge is -2.36. The summed E-state index contributed by atoms with van der Waals surface area (Å²) in [5.41, 5.74) is 1.12. The maximum Gasteiger partial charge on any atom is 0.234 e. The Balaban J connectivity index is 1.79. The third-order valence-electron chi connectivity index (χ3n) is 3.84. The van der Waals surface area contributed by atoms with Gasteiger partial charge in [-0.15, -0.1) is 0 Å². The average Bonchev–Trinajstić information content (AvgIpc) is 2.84. The molecule has 0 aromatic heterocycles. The summed E-state index contributed by atoms with van der Waals surface area (Å²) < 4.78 is 0. The monoisotopic (exact) mass is 260 g/mol. The zero-order valence-electron chi connectivity index (χ0n) is 10.1. The SMILES string of the molecule is O=C1[C@@H]2CCC[C@@H]2NC(=S)N1Cc1ccccc1. The van der Waals surface area contributed by atoms with Crippen LogP contribution < -0.4 is 5.32 Å². The van der Waals surface area contributed by atoms with E-state index in [2.05, 4.69) is 5.32 Å². The number of benzene rings is 1. The van der Waals surface area contributed by atoms with Crippen LogP contribution in [0.3, 0.4) is 0 Å². The molecule has 1 N–H and O–H groups in total. The molecule has 0 bridgehead atoms. The molecule has 1 aliphatic heterocycles. The highest BCUT2D eigenvalue weighted by Gasteiger charge is 2.41. The molecule has 1 saturated heterocycles. The lowest BCUT2D eigenvalue weighted by Crippen LogP contribution is -2.57. The Labute approximate surface area is 112 Å². The molecule has 1 amide bonds. The summed E-state index contributed by atoms with van der Waals surface area (Å²) in [5.74, 6) is 0.325. The van der Waals surface area contributed by atoms with Gasteiger partial charge in [-0.1, -0.05) is 36.8 Å². The number of carbonyl (C=O) groups is 1. The molecule has 0 unspecified atom stereocenters. The van der Waals surface area contributed by atoms with E-state index in [0.29, 0.717) is 11.7 Å². The number of fused-ring (bicyclic) bond motifs is 1. The maximum atomic E-state index is 12.4. The van der Waals surface area contributed by atoms with Gasteiger partial charge >= 0.3 is 0 Å². The molecule has 94 valence electrons. The van der Waals surface area contributed by atoms with Crippen molar-refractivity contribution in [3.05, 3.63) is 35.9 Å². The minimum absolute atomic E-state index is 0.125. The van der Waals surface area contributed by atoms with Gasteiger partial charge < -0.3 is 5.32 Å². The summed E-state index contributed by atoms with van der Waals surface area (Å²) in [7, 11) is 0. The second kappa shape index (κ2) is 4.69. The summed E-state index contributed by atoms with van der Waals surface area (Å²) in [4.78, 5) is 14.1. The van der Waals surface area contributed by atoms with E-state index in [0.717, 1.165) is 24.8 Å². The van der Waals surface area contributed by atoms with E-state index in [1.54, 1.807) is 4.90 Å². The molecule has 4 heteroatoms. The first kappa shape index (κ1) is 11.7. The smallest absolute Gasteiger partial charge is 0.234 e. The number of hydrogen-bond acceptors (Lipinski definition) is 2. The third-order valence-corrected chi connectivity index (χ3v) is 4.17. The number of thiocarbonyl (C=S) groups is 1. The summed E-state index contributed by atoms with van der Waals surface area (Å²) in [6.07, 6.45) is 3.18. The molecule has 1 aromatic carbocycles. The minimum Gasteiger partial charge on any atom is -0.359 e. The van der Waals surface area contributed by atoms with E-state index in [1.807, 2.05) is 30.3 Å². The fourth-order valence-electron chi connectivity index (χ4n) is 2.88. The highest BCUT2D eigenvalue weighted by molar-refractivity contribution is 7.80. The van der Waals surface area contributed by atoms with Gasteiger partial charge in [0.1, 0.15) is 0 Å². The molecule has 1 aliphatic carbocycles. The van der Waals surface area contributed by atoms with E-state index in [1.165, 1.54) is 0 Å². The van der Waals surface area contributed by atoms with Crippen molar-refractivity contribution in [2.75, 3.05) is 0 Å². The first-order valence-electron chi connectivity index (χ1n) is 6.41. The van der Waals surface area contributed by atoms with Gasteiger partial charge in [-0.2, -0.15) is 0 Å². The van der Waals surface area contributed by atoms with Crippen molar-refractivity contribution in [1.29, 1.82) is 0 Å². The van der Waals surface area contributed by atoms with Crippen molar-refractivity contribution in [2.24, 2.45) is 5.92 Å². The Morgan fingerprint density at radius 1 is 1.28 bits per heavy atom. The van der Waals surface area contributed by atoms with Crippen molar-refractivity contribution >= 4 is 23.2 Å². The number of amides is 1. The molecule has 2 atom stereocenters. The van der Waals surface area contributed by atoms with E-state index < -0.39 is 0 Å². The largest absolute Gasteiger partial charge is 0.359 e. The quantitative estimate of drug-likeness (QED) is 0.826. The van der Waals surface area contributed by atoms with Gasteiger partial charge in [0.15, 0.2) is 5.11 Å². The molecule has 2 fully saturated rings. The predicted octanol–water partition coefficient (Wildman–Crippen LogP) is 2.07. The van der Waals surface area contributed by atoms with Gasteiger partial charge in [0.05, 0.1) is 12.5 Å². The standard InChI is InChI=1S/C14H16N2OS/c17-13-11-7-4-8-12(11)15-14(18)16(13)9-10-5-2-1-3-6-10/h1-3,5-6,11-12H,4,7-9H2,(H,15,18)/t11-,12+/m1/s1. The predicted molar refractivity (Wildman–Crippen MR) is 73.9 cm³/mol. The van der Waals surface area contributed by atoms with E-state index in [9.17, 15) is 4.79 Å². The molecule has 18 heavy (non-hydrogen) atoms. The summed E-state index contributed by atoms with van der Waals surface area (Å²) in [6, 6.07) is 10.3. The van der Waals surface area contributed by atoms with Crippen LogP contribution in [0.5, 0.6) is 0 Å². The number of hydrogen-bond donors (Lipinski definition) is 1. The van der Waals surface area contributed by atoms with Gasteiger partial charge in [0.25, 0.3) is 0 Å². The second-order valence-corrected chi connectivity index (χ2v) is 5.39. The van der Waals surface area contributed by atoms with Gasteiger partial charge in [0, 0.05) is 6.04 Å². The molecule has 0 radical (unpaired) electrons. The minimum atomic E-state index is 0.125. The third kappa shape index (κ3) is 2.01. The van der Waals surface area contributed by atoms with Crippen LogP contribution in [0.2, 0.25) is 0 Å². The van der Waals surface area contributed by atoms with Gasteiger partial charge in [-0.25, -0.2) is 0 Å². The lowest BCUT2D eigenvalue weighted by molar-refractivity contribution is -0.133. The Bertz CT molecular complexity index is 474. The first-order chi connectivity index (χ1) is 8.75. The van der Waals surface area contributed by atoms with Gasteiger partial charge in [-0.05, 0) is 30.6 Å². The van der Waals surface area contributed by atoms with Crippen molar-refractivity contribution in [2.45, 2.75) is 31.8 Å². The Hall–Kier alpha value is -1.42. The molecule has 2 aliphatic rings. The fraction of sp³-hybridized carbons (Fsp3) is 0.429. The van der Waals surface area contributed by atoms with Crippen molar-refractivity contribution in [1.82, 2.24) is 10.2 Å². The fourth-order valence-corrected chi connectivity index (χ4v) is 3.19. The van der Waals surface area contributed by atoms with Crippen LogP contribution in [-0.2, 0) is 11.3 Å². The number of rotatable bonds is 2. The topological polar surface area (TPSA) is 32.3 Å². The summed E-state index contributed by atoms with van der Waals surface area (Å²) >= 11 is 5.32. The molecular formula is C14H16N2OS. The first-order valence-corrected chi connectivity index (χ1v) is 6.82. The number of nitrogens with zero attached hydrogens (tertiary/aromatic N) is 1. The van der Waals surface area contributed by atoms with Crippen molar-refractivity contribution in [3.63, 3.8) is 0 Å². The molecule has 3 nitrogen and oxygen atoms in total. The highest BCUT2D eigenvalue weighted by atomic mass is 32.1. The number of nitrogens with one attached hydrogen (secondary N) is 1.